The lowest BCUT2D eigenvalue weighted by molar-refractivity contribution is 0.259. The van der Waals surface area contributed by atoms with Crippen LogP contribution in [0.5, 0.6) is 0 Å². The first kappa shape index (κ1) is 19.3. The summed E-state index contributed by atoms with van der Waals surface area (Å²) in [5.41, 5.74) is 0.412. The SMILES string of the molecule is CCn1cnnc1CNC(=NC)N1CCN(S(=O)(=O)Cc2ccon2)CC1. The first-order valence-corrected chi connectivity index (χ1v) is 10.3. The zero-order chi connectivity index (χ0) is 19.3. The Morgan fingerprint density at radius 2 is 2.11 bits per heavy atom. The highest BCUT2D eigenvalue weighted by Gasteiger charge is 2.29. The van der Waals surface area contributed by atoms with Crippen LogP contribution in [0.3, 0.4) is 0 Å². The van der Waals surface area contributed by atoms with Crippen molar-refractivity contribution in [2.45, 2.75) is 25.8 Å². The second-order valence-corrected chi connectivity index (χ2v) is 8.04. The van der Waals surface area contributed by atoms with Gasteiger partial charge in [-0.3, -0.25) is 4.99 Å². The van der Waals surface area contributed by atoms with Crippen LogP contribution in [0, 0.1) is 0 Å². The summed E-state index contributed by atoms with van der Waals surface area (Å²) in [6.45, 7) is 5.23. The van der Waals surface area contributed by atoms with Crippen molar-refractivity contribution in [3.63, 3.8) is 0 Å². The Morgan fingerprint density at radius 3 is 2.74 bits per heavy atom. The number of hydrogen-bond acceptors (Lipinski definition) is 7. The van der Waals surface area contributed by atoms with Crippen molar-refractivity contribution in [1.82, 2.24) is 34.4 Å². The van der Waals surface area contributed by atoms with Gasteiger partial charge in [0.25, 0.3) is 0 Å². The van der Waals surface area contributed by atoms with Crippen molar-refractivity contribution in [2.75, 3.05) is 33.2 Å². The van der Waals surface area contributed by atoms with Crippen LogP contribution in [-0.2, 0) is 28.9 Å². The fraction of sp³-hybridized carbons (Fsp3) is 0.600. The number of nitrogens with one attached hydrogen (secondary N) is 1. The van der Waals surface area contributed by atoms with Crippen LogP contribution < -0.4 is 5.32 Å². The molecule has 27 heavy (non-hydrogen) atoms. The maximum Gasteiger partial charge on any atom is 0.220 e. The minimum absolute atomic E-state index is 0.150. The summed E-state index contributed by atoms with van der Waals surface area (Å²) in [5, 5.41) is 15.0. The Balaban J connectivity index is 1.54. The van der Waals surface area contributed by atoms with Crippen molar-refractivity contribution in [3.05, 3.63) is 30.2 Å². The van der Waals surface area contributed by atoms with E-state index in [1.807, 2.05) is 16.4 Å². The van der Waals surface area contributed by atoms with E-state index in [1.54, 1.807) is 19.4 Å². The fourth-order valence-corrected chi connectivity index (χ4v) is 4.36. The van der Waals surface area contributed by atoms with Gasteiger partial charge in [0.05, 0.1) is 12.2 Å². The summed E-state index contributed by atoms with van der Waals surface area (Å²) in [4.78, 5) is 6.33. The molecule has 3 heterocycles. The molecule has 0 unspecified atom stereocenters. The standard InChI is InChI=1S/C15H24N8O3S/c1-3-21-12-18-19-14(21)10-17-15(16-2)22-5-7-23(8-6-22)27(24,25)11-13-4-9-26-20-13/h4,9,12H,3,5-8,10-11H2,1-2H3,(H,16,17). The van der Waals surface area contributed by atoms with E-state index >= 15 is 0 Å². The molecule has 11 nitrogen and oxygen atoms in total. The molecule has 0 aliphatic carbocycles. The number of aromatic nitrogens is 4. The zero-order valence-electron chi connectivity index (χ0n) is 15.4. The molecule has 1 N–H and O–H groups in total. The van der Waals surface area contributed by atoms with E-state index in [0.717, 1.165) is 12.4 Å². The van der Waals surface area contributed by atoms with E-state index in [-0.39, 0.29) is 5.75 Å². The number of aliphatic imine (C=N–C) groups is 1. The average Bonchev–Trinajstić information content (AvgIpc) is 3.34. The fourth-order valence-electron chi connectivity index (χ4n) is 2.94. The van der Waals surface area contributed by atoms with Gasteiger partial charge in [0, 0.05) is 45.8 Å². The third kappa shape index (κ3) is 4.63. The summed E-state index contributed by atoms with van der Waals surface area (Å²) in [6.07, 6.45) is 3.07. The predicted molar refractivity (Wildman–Crippen MR) is 98.2 cm³/mol. The Morgan fingerprint density at radius 1 is 1.33 bits per heavy atom. The largest absolute Gasteiger partial charge is 0.364 e. The van der Waals surface area contributed by atoms with Gasteiger partial charge >= 0.3 is 0 Å². The molecule has 0 radical (unpaired) electrons. The summed E-state index contributed by atoms with van der Waals surface area (Å²) in [7, 11) is -1.71. The van der Waals surface area contributed by atoms with Crippen LogP contribution in [0.4, 0.5) is 0 Å². The van der Waals surface area contributed by atoms with E-state index in [0.29, 0.717) is 44.4 Å². The molecule has 1 fully saturated rings. The van der Waals surface area contributed by atoms with E-state index in [1.165, 1.54) is 10.6 Å². The van der Waals surface area contributed by atoms with Crippen molar-refractivity contribution < 1.29 is 12.9 Å². The van der Waals surface area contributed by atoms with Gasteiger partial charge in [-0.2, -0.15) is 4.31 Å². The van der Waals surface area contributed by atoms with Crippen LogP contribution in [0.25, 0.3) is 0 Å². The zero-order valence-corrected chi connectivity index (χ0v) is 16.3. The summed E-state index contributed by atoms with van der Waals surface area (Å²) < 4.78 is 33.2. The molecular formula is C15H24N8O3S. The molecule has 1 aliphatic heterocycles. The van der Waals surface area contributed by atoms with Gasteiger partial charge in [-0.05, 0) is 6.92 Å². The minimum Gasteiger partial charge on any atom is -0.364 e. The molecule has 0 saturated carbocycles. The molecule has 1 saturated heterocycles. The molecule has 2 aromatic heterocycles. The number of guanidine groups is 1. The van der Waals surface area contributed by atoms with Gasteiger partial charge < -0.3 is 19.3 Å². The third-order valence-corrected chi connectivity index (χ3v) is 6.22. The molecule has 0 amide bonds. The Kier molecular flexibility index (Phi) is 6.06. The number of piperazine rings is 1. The second kappa shape index (κ2) is 8.48. The number of rotatable bonds is 6. The molecule has 3 rings (SSSR count). The van der Waals surface area contributed by atoms with Crippen molar-refractivity contribution in [2.24, 2.45) is 4.99 Å². The van der Waals surface area contributed by atoms with Crippen LogP contribution in [-0.4, -0.2) is 76.7 Å². The lowest BCUT2D eigenvalue weighted by Gasteiger charge is -2.35. The molecule has 0 aromatic carbocycles. The normalized spacial score (nSPS) is 16.7. The highest BCUT2D eigenvalue weighted by molar-refractivity contribution is 7.88. The summed E-state index contributed by atoms with van der Waals surface area (Å²) in [5.74, 6) is 1.39. The van der Waals surface area contributed by atoms with E-state index in [2.05, 4.69) is 25.7 Å². The van der Waals surface area contributed by atoms with E-state index < -0.39 is 10.0 Å². The van der Waals surface area contributed by atoms with Gasteiger partial charge in [-0.15, -0.1) is 10.2 Å². The summed E-state index contributed by atoms with van der Waals surface area (Å²) in [6, 6.07) is 1.56. The quantitative estimate of drug-likeness (QED) is 0.513. The van der Waals surface area contributed by atoms with Gasteiger partial charge in [-0.1, -0.05) is 5.16 Å². The van der Waals surface area contributed by atoms with Crippen molar-refractivity contribution >= 4 is 16.0 Å². The highest BCUT2D eigenvalue weighted by atomic mass is 32.2. The van der Waals surface area contributed by atoms with Gasteiger partial charge in [0.1, 0.15) is 18.3 Å². The molecule has 2 aromatic rings. The van der Waals surface area contributed by atoms with Crippen LogP contribution in [0.2, 0.25) is 0 Å². The number of hydrogen-bond donors (Lipinski definition) is 1. The smallest absolute Gasteiger partial charge is 0.220 e. The van der Waals surface area contributed by atoms with E-state index in [9.17, 15) is 8.42 Å². The number of aryl methyl sites for hydroxylation is 1. The second-order valence-electron chi connectivity index (χ2n) is 6.07. The highest BCUT2D eigenvalue weighted by Crippen LogP contribution is 2.13. The van der Waals surface area contributed by atoms with Crippen LogP contribution >= 0.6 is 0 Å². The summed E-state index contributed by atoms with van der Waals surface area (Å²) >= 11 is 0. The van der Waals surface area contributed by atoms with Crippen molar-refractivity contribution in [1.29, 1.82) is 0 Å². The maximum absolute atomic E-state index is 12.5. The number of sulfonamides is 1. The Bertz CT molecular complexity index is 854. The molecule has 0 atom stereocenters. The molecule has 148 valence electrons. The van der Waals surface area contributed by atoms with Crippen LogP contribution in [0.15, 0.2) is 28.2 Å². The topological polar surface area (TPSA) is 122 Å². The van der Waals surface area contributed by atoms with Crippen molar-refractivity contribution in [3.8, 4) is 0 Å². The van der Waals surface area contributed by atoms with Gasteiger partial charge in [-0.25, -0.2) is 8.42 Å². The van der Waals surface area contributed by atoms with E-state index in [4.69, 9.17) is 4.52 Å². The van der Waals surface area contributed by atoms with Crippen LogP contribution in [0.1, 0.15) is 18.4 Å². The number of nitrogens with zero attached hydrogens (tertiary/aromatic N) is 7. The van der Waals surface area contributed by atoms with Gasteiger partial charge in [0.2, 0.25) is 10.0 Å². The Hall–Kier alpha value is -2.47. The molecule has 0 spiro atoms. The molecular weight excluding hydrogens is 372 g/mol. The molecule has 12 heteroatoms. The minimum atomic E-state index is -3.42. The monoisotopic (exact) mass is 396 g/mol. The Labute approximate surface area is 158 Å². The first-order chi connectivity index (χ1) is 13.0. The molecule has 0 bridgehead atoms. The molecule has 1 aliphatic rings. The lowest BCUT2D eigenvalue weighted by Crippen LogP contribution is -2.53. The van der Waals surface area contributed by atoms with Gasteiger partial charge in [0.15, 0.2) is 11.8 Å². The third-order valence-electron chi connectivity index (χ3n) is 4.41. The lowest BCUT2D eigenvalue weighted by atomic mass is 10.4. The first-order valence-electron chi connectivity index (χ1n) is 8.73. The maximum atomic E-state index is 12.5. The average molecular weight is 396 g/mol. The predicted octanol–water partition coefficient (Wildman–Crippen LogP) is -0.491.